The lowest BCUT2D eigenvalue weighted by Gasteiger charge is -2.14. The number of carbonyl (C=O) groups excluding carboxylic acids is 4. The number of rotatable bonds is 4. The molecule has 2 heterocycles. The fourth-order valence-corrected chi connectivity index (χ4v) is 3.25. The maximum absolute atomic E-state index is 12.5. The number of hydrogen-bond acceptors (Lipinski definition) is 5. The lowest BCUT2D eigenvalue weighted by atomic mass is 10.1. The number of imide groups is 1. The van der Waals surface area contributed by atoms with Crippen molar-refractivity contribution < 1.29 is 23.6 Å². The number of amides is 4. The molecule has 0 saturated carbocycles. The molecule has 8 heteroatoms. The van der Waals surface area contributed by atoms with E-state index in [0.717, 1.165) is 4.90 Å². The molecule has 4 rings (SSSR count). The van der Waals surface area contributed by atoms with Gasteiger partial charge in [0.05, 0.1) is 29.5 Å². The van der Waals surface area contributed by atoms with E-state index in [2.05, 4.69) is 10.9 Å². The van der Waals surface area contributed by atoms with Crippen LogP contribution in [0.4, 0.5) is 0 Å². The standard InChI is InChI=1S/C22H17N3O5/c1-13-16(9-10-30-13)20(27)24-23-19(26)15-6-4-5-14(11-15)12-25-21(28)17-7-2-3-8-18(17)22(25)29/h2-11H,12H2,1H3,(H,23,26)(H,24,27). The predicted octanol–water partition coefficient (Wildman–Crippen LogP) is 2.46. The molecular weight excluding hydrogens is 386 g/mol. The molecule has 4 amide bonds. The molecule has 2 aromatic carbocycles. The number of benzene rings is 2. The van der Waals surface area contributed by atoms with Crippen LogP contribution in [0.3, 0.4) is 0 Å². The first-order chi connectivity index (χ1) is 14.5. The van der Waals surface area contributed by atoms with Gasteiger partial charge in [-0.05, 0) is 42.8 Å². The molecule has 1 aliphatic heterocycles. The van der Waals surface area contributed by atoms with Gasteiger partial charge in [-0.2, -0.15) is 0 Å². The quantitative estimate of drug-likeness (QED) is 0.514. The summed E-state index contributed by atoms with van der Waals surface area (Å²) in [6, 6.07) is 14.6. The van der Waals surface area contributed by atoms with Crippen LogP contribution in [0.5, 0.6) is 0 Å². The number of hydrazine groups is 1. The summed E-state index contributed by atoms with van der Waals surface area (Å²) in [5.74, 6) is -1.34. The van der Waals surface area contributed by atoms with E-state index >= 15 is 0 Å². The average Bonchev–Trinajstić information content (AvgIpc) is 3.29. The third kappa shape index (κ3) is 3.46. The van der Waals surface area contributed by atoms with Gasteiger partial charge in [0.2, 0.25) is 0 Å². The minimum absolute atomic E-state index is 0.0358. The Balaban J connectivity index is 1.44. The van der Waals surface area contributed by atoms with E-state index in [1.807, 2.05) is 0 Å². The largest absolute Gasteiger partial charge is 0.469 e. The molecule has 2 N–H and O–H groups in total. The molecule has 30 heavy (non-hydrogen) atoms. The first-order valence-corrected chi connectivity index (χ1v) is 9.14. The van der Waals surface area contributed by atoms with Crippen molar-refractivity contribution in [3.63, 3.8) is 0 Å². The fraction of sp³-hybridized carbons (Fsp3) is 0.0909. The molecule has 0 atom stereocenters. The van der Waals surface area contributed by atoms with Crippen molar-refractivity contribution in [2.75, 3.05) is 0 Å². The molecule has 1 aromatic heterocycles. The highest BCUT2D eigenvalue weighted by atomic mass is 16.3. The highest BCUT2D eigenvalue weighted by Gasteiger charge is 2.35. The highest BCUT2D eigenvalue weighted by molar-refractivity contribution is 6.21. The first kappa shape index (κ1) is 19.1. The Labute approximate surface area is 171 Å². The number of furan rings is 1. The number of aryl methyl sites for hydroxylation is 1. The second-order valence-corrected chi connectivity index (χ2v) is 6.74. The van der Waals surface area contributed by atoms with Gasteiger partial charge in [0.25, 0.3) is 23.6 Å². The van der Waals surface area contributed by atoms with Crippen molar-refractivity contribution in [2.45, 2.75) is 13.5 Å². The molecule has 0 saturated heterocycles. The van der Waals surface area contributed by atoms with Crippen LogP contribution >= 0.6 is 0 Å². The molecule has 0 spiro atoms. The normalized spacial score (nSPS) is 12.6. The smallest absolute Gasteiger partial charge is 0.273 e. The van der Waals surface area contributed by atoms with E-state index in [4.69, 9.17) is 4.42 Å². The van der Waals surface area contributed by atoms with Crippen LogP contribution in [0, 0.1) is 6.92 Å². The van der Waals surface area contributed by atoms with Crippen molar-refractivity contribution in [1.29, 1.82) is 0 Å². The van der Waals surface area contributed by atoms with Crippen LogP contribution < -0.4 is 10.9 Å². The summed E-state index contributed by atoms with van der Waals surface area (Å²) in [4.78, 5) is 50.7. The number of fused-ring (bicyclic) bond motifs is 1. The lowest BCUT2D eigenvalue weighted by Crippen LogP contribution is -2.41. The van der Waals surface area contributed by atoms with Crippen molar-refractivity contribution in [2.24, 2.45) is 0 Å². The average molecular weight is 403 g/mol. The zero-order valence-corrected chi connectivity index (χ0v) is 16.0. The van der Waals surface area contributed by atoms with Gasteiger partial charge >= 0.3 is 0 Å². The van der Waals surface area contributed by atoms with Crippen LogP contribution in [0.15, 0.2) is 65.3 Å². The Bertz CT molecular complexity index is 1150. The molecule has 0 aliphatic carbocycles. The third-order valence-electron chi connectivity index (χ3n) is 4.80. The van der Waals surface area contributed by atoms with Crippen LogP contribution in [-0.2, 0) is 6.54 Å². The van der Waals surface area contributed by atoms with Gasteiger partial charge in [-0.1, -0.05) is 24.3 Å². The van der Waals surface area contributed by atoms with Crippen molar-refractivity contribution in [3.05, 3.63) is 94.4 Å². The Morgan fingerprint density at radius 3 is 2.20 bits per heavy atom. The maximum Gasteiger partial charge on any atom is 0.273 e. The van der Waals surface area contributed by atoms with Gasteiger partial charge in [0.15, 0.2) is 0 Å². The van der Waals surface area contributed by atoms with E-state index in [9.17, 15) is 19.2 Å². The van der Waals surface area contributed by atoms with Gasteiger partial charge in [-0.25, -0.2) is 0 Å². The molecule has 0 unspecified atom stereocenters. The molecule has 3 aromatic rings. The molecular formula is C22H17N3O5. The number of hydrogen-bond donors (Lipinski definition) is 2. The predicted molar refractivity (Wildman–Crippen MR) is 105 cm³/mol. The Kier molecular flexibility index (Phi) is 4.89. The van der Waals surface area contributed by atoms with Crippen molar-refractivity contribution in [3.8, 4) is 0 Å². The molecule has 150 valence electrons. The van der Waals surface area contributed by atoms with E-state index in [1.54, 1.807) is 55.5 Å². The Morgan fingerprint density at radius 1 is 0.900 bits per heavy atom. The molecule has 0 fully saturated rings. The van der Waals surface area contributed by atoms with Crippen LogP contribution in [0.2, 0.25) is 0 Å². The van der Waals surface area contributed by atoms with E-state index < -0.39 is 11.8 Å². The van der Waals surface area contributed by atoms with E-state index in [1.165, 1.54) is 12.3 Å². The summed E-state index contributed by atoms with van der Waals surface area (Å²) >= 11 is 0. The lowest BCUT2D eigenvalue weighted by molar-refractivity contribution is 0.0642. The summed E-state index contributed by atoms with van der Waals surface area (Å²) in [6.45, 7) is 1.67. The monoisotopic (exact) mass is 403 g/mol. The summed E-state index contributed by atoms with van der Waals surface area (Å²) in [7, 11) is 0. The molecule has 0 bridgehead atoms. The SMILES string of the molecule is Cc1occc1C(=O)NNC(=O)c1cccc(CN2C(=O)c3ccccc3C2=O)c1. The first-order valence-electron chi connectivity index (χ1n) is 9.14. The second-order valence-electron chi connectivity index (χ2n) is 6.74. The van der Waals surface area contributed by atoms with Gasteiger partial charge < -0.3 is 4.42 Å². The maximum atomic E-state index is 12.5. The minimum Gasteiger partial charge on any atom is -0.469 e. The molecule has 0 radical (unpaired) electrons. The van der Waals surface area contributed by atoms with E-state index in [-0.39, 0.29) is 23.9 Å². The van der Waals surface area contributed by atoms with Gasteiger partial charge in [-0.15, -0.1) is 0 Å². The Hall–Kier alpha value is -4.20. The topological polar surface area (TPSA) is 109 Å². The summed E-state index contributed by atoms with van der Waals surface area (Å²) in [6.07, 6.45) is 1.38. The van der Waals surface area contributed by atoms with Gasteiger partial charge in [0, 0.05) is 5.56 Å². The molecule has 1 aliphatic rings. The minimum atomic E-state index is -0.534. The summed E-state index contributed by atoms with van der Waals surface area (Å²) in [5.41, 5.74) is 6.59. The van der Waals surface area contributed by atoms with Crippen LogP contribution in [0.25, 0.3) is 0 Å². The highest BCUT2D eigenvalue weighted by Crippen LogP contribution is 2.24. The van der Waals surface area contributed by atoms with Crippen molar-refractivity contribution >= 4 is 23.6 Å². The number of carbonyl (C=O) groups is 4. The summed E-state index contributed by atoms with van der Waals surface area (Å²) in [5, 5.41) is 0. The van der Waals surface area contributed by atoms with Gasteiger partial charge in [-0.3, -0.25) is 34.9 Å². The molecule has 8 nitrogen and oxygen atoms in total. The second kappa shape index (κ2) is 7.67. The van der Waals surface area contributed by atoms with Crippen LogP contribution in [-0.4, -0.2) is 28.5 Å². The zero-order valence-electron chi connectivity index (χ0n) is 16.0. The summed E-state index contributed by atoms with van der Waals surface area (Å²) < 4.78 is 5.06. The van der Waals surface area contributed by atoms with Crippen molar-refractivity contribution in [1.82, 2.24) is 15.8 Å². The number of nitrogens with zero attached hydrogens (tertiary/aromatic N) is 1. The number of nitrogens with one attached hydrogen (secondary N) is 2. The van der Waals surface area contributed by atoms with Crippen LogP contribution in [0.1, 0.15) is 52.8 Å². The van der Waals surface area contributed by atoms with Gasteiger partial charge in [0.1, 0.15) is 5.76 Å². The third-order valence-corrected chi connectivity index (χ3v) is 4.80. The Morgan fingerprint density at radius 2 is 1.57 bits per heavy atom. The fourth-order valence-electron chi connectivity index (χ4n) is 3.25. The van der Waals surface area contributed by atoms with E-state index in [0.29, 0.717) is 28.0 Å². The zero-order chi connectivity index (χ0) is 21.3.